The van der Waals surface area contributed by atoms with Crippen LogP contribution in [0.4, 0.5) is 0 Å². The van der Waals surface area contributed by atoms with Crippen LogP contribution in [0.25, 0.3) is 0 Å². The Hall–Kier alpha value is -3.04. The maximum atomic E-state index is 13.2. The van der Waals surface area contributed by atoms with Gasteiger partial charge in [0.05, 0.1) is 4.90 Å². The summed E-state index contributed by atoms with van der Waals surface area (Å²) in [5.41, 5.74) is 1.69. The van der Waals surface area contributed by atoms with Gasteiger partial charge < -0.3 is 10.6 Å². The fourth-order valence-corrected chi connectivity index (χ4v) is 5.55. The highest BCUT2D eigenvalue weighted by Gasteiger charge is 2.31. The Labute approximate surface area is 179 Å². The number of sulfone groups is 1. The fraction of sp³-hybridized carbons (Fsp3) is 0.190. The number of nitrogens with one attached hydrogen (secondary N) is 2. The molecule has 3 rings (SSSR count). The Morgan fingerprint density at radius 1 is 1.03 bits per heavy atom. The van der Waals surface area contributed by atoms with E-state index >= 15 is 0 Å². The van der Waals surface area contributed by atoms with E-state index in [-0.39, 0.29) is 18.0 Å². The molecule has 0 spiro atoms. The summed E-state index contributed by atoms with van der Waals surface area (Å²) < 4.78 is 26.4. The molecule has 2 N–H and O–H groups in total. The molecule has 1 aromatic carbocycles. The molecule has 0 aliphatic carbocycles. The van der Waals surface area contributed by atoms with Crippen LogP contribution in [-0.2, 0) is 26.0 Å². The van der Waals surface area contributed by atoms with Crippen molar-refractivity contribution < 1.29 is 18.0 Å². The molecule has 9 heteroatoms. The van der Waals surface area contributed by atoms with E-state index in [4.69, 9.17) is 0 Å². The molecule has 0 radical (unpaired) electrons. The van der Waals surface area contributed by atoms with Crippen LogP contribution in [-0.4, -0.2) is 31.8 Å². The zero-order valence-electron chi connectivity index (χ0n) is 16.2. The number of benzene rings is 1. The summed E-state index contributed by atoms with van der Waals surface area (Å²) in [5.74, 6) is -1.73. The maximum Gasteiger partial charge on any atom is 0.309 e. The lowest BCUT2D eigenvalue weighted by Gasteiger charge is -2.17. The van der Waals surface area contributed by atoms with Gasteiger partial charge in [0.15, 0.2) is 9.84 Å². The second-order valence-corrected chi connectivity index (χ2v) is 9.73. The predicted molar refractivity (Wildman–Crippen MR) is 115 cm³/mol. The minimum Gasteiger partial charge on any atom is -0.346 e. The number of aryl methyl sites for hydroxylation is 1. The van der Waals surface area contributed by atoms with Gasteiger partial charge in [-0.15, -0.1) is 11.3 Å². The van der Waals surface area contributed by atoms with Crippen molar-refractivity contribution in [3.05, 3.63) is 82.3 Å². The molecule has 0 saturated carbocycles. The van der Waals surface area contributed by atoms with E-state index < -0.39 is 26.9 Å². The number of pyridine rings is 1. The van der Waals surface area contributed by atoms with Crippen LogP contribution in [0.5, 0.6) is 0 Å². The second kappa shape index (κ2) is 9.64. The second-order valence-electron chi connectivity index (χ2n) is 6.62. The molecular weight excluding hydrogens is 422 g/mol. The third-order valence-corrected chi connectivity index (χ3v) is 7.65. The van der Waals surface area contributed by atoms with Crippen LogP contribution in [0.1, 0.15) is 21.3 Å². The van der Waals surface area contributed by atoms with Crippen molar-refractivity contribution in [3.63, 3.8) is 0 Å². The van der Waals surface area contributed by atoms with E-state index in [9.17, 15) is 18.0 Å². The predicted octanol–water partition coefficient (Wildman–Crippen LogP) is 2.40. The Kier molecular flexibility index (Phi) is 6.96. The van der Waals surface area contributed by atoms with Gasteiger partial charge >= 0.3 is 11.8 Å². The van der Waals surface area contributed by atoms with Gasteiger partial charge in [0, 0.05) is 30.4 Å². The Morgan fingerprint density at radius 3 is 2.40 bits per heavy atom. The summed E-state index contributed by atoms with van der Waals surface area (Å²) in [6.07, 6.45) is 3.19. The Balaban J connectivity index is 1.69. The van der Waals surface area contributed by atoms with Crippen LogP contribution in [0.3, 0.4) is 0 Å². The topological polar surface area (TPSA) is 105 Å². The number of carbonyl (C=O) groups is 2. The normalized spacial score (nSPS) is 12.2. The molecule has 2 aromatic heterocycles. The number of thiophene rings is 1. The minimum atomic E-state index is -3.76. The number of nitrogens with zero attached hydrogens (tertiary/aromatic N) is 1. The molecule has 0 bridgehead atoms. The molecule has 7 nitrogen and oxygen atoms in total. The summed E-state index contributed by atoms with van der Waals surface area (Å²) in [4.78, 5) is 29.0. The maximum absolute atomic E-state index is 13.2. The molecule has 2 heterocycles. The minimum absolute atomic E-state index is 0.149. The summed E-state index contributed by atoms with van der Waals surface area (Å²) in [7, 11) is -3.76. The van der Waals surface area contributed by atoms with Crippen molar-refractivity contribution in [1.82, 2.24) is 15.6 Å². The average molecular weight is 444 g/mol. The molecule has 0 unspecified atom stereocenters. The third kappa shape index (κ3) is 5.31. The molecule has 3 aromatic rings. The monoisotopic (exact) mass is 443 g/mol. The first kappa shape index (κ1) is 21.7. The zero-order valence-corrected chi connectivity index (χ0v) is 17.9. The number of amides is 2. The third-order valence-electron chi connectivity index (χ3n) is 4.41. The van der Waals surface area contributed by atoms with Crippen LogP contribution >= 0.6 is 11.3 Å². The summed E-state index contributed by atoms with van der Waals surface area (Å²) in [6, 6.07) is 13.5. The molecule has 30 heavy (non-hydrogen) atoms. The van der Waals surface area contributed by atoms with Crippen molar-refractivity contribution in [1.29, 1.82) is 0 Å². The highest BCUT2D eigenvalue weighted by Crippen LogP contribution is 2.31. The van der Waals surface area contributed by atoms with Crippen LogP contribution in [0.2, 0.25) is 0 Å². The summed E-state index contributed by atoms with van der Waals surface area (Å²) >= 11 is 1.29. The Morgan fingerprint density at radius 2 is 1.77 bits per heavy atom. The highest BCUT2D eigenvalue weighted by atomic mass is 32.2. The molecule has 0 saturated heterocycles. The van der Waals surface area contributed by atoms with Gasteiger partial charge in [-0.05, 0) is 42.1 Å². The molecule has 0 fully saturated rings. The molecule has 0 aliphatic heterocycles. The van der Waals surface area contributed by atoms with E-state index in [1.54, 1.807) is 66.3 Å². The molecule has 0 aliphatic rings. The fourth-order valence-electron chi connectivity index (χ4n) is 2.76. The van der Waals surface area contributed by atoms with E-state index in [2.05, 4.69) is 15.6 Å². The lowest BCUT2D eigenvalue weighted by molar-refractivity contribution is -0.139. The van der Waals surface area contributed by atoms with Crippen molar-refractivity contribution in [3.8, 4) is 0 Å². The van der Waals surface area contributed by atoms with Gasteiger partial charge in [-0.3, -0.25) is 14.6 Å². The number of hydrogen-bond donors (Lipinski definition) is 2. The number of aromatic nitrogens is 1. The first-order valence-corrected chi connectivity index (χ1v) is 11.6. The van der Waals surface area contributed by atoms with Gasteiger partial charge in [-0.2, -0.15) is 0 Å². The van der Waals surface area contributed by atoms with Gasteiger partial charge in [-0.1, -0.05) is 29.8 Å². The van der Waals surface area contributed by atoms with Crippen LogP contribution in [0, 0.1) is 6.92 Å². The standard InChI is InChI=1S/C21H21N3O4S2/c1-15-6-8-17(9-7-15)30(27,28)19(18-5-3-11-29-18)14-24-21(26)20(25)23-13-16-4-2-10-22-12-16/h2-12,19H,13-14H2,1H3,(H,23,25)(H,24,26)/t19-/m1/s1. The molecular formula is C21H21N3O4S2. The number of hydrogen-bond acceptors (Lipinski definition) is 6. The van der Waals surface area contributed by atoms with Crippen molar-refractivity contribution in [2.45, 2.75) is 23.6 Å². The molecule has 156 valence electrons. The molecule has 2 amide bonds. The van der Waals surface area contributed by atoms with E-state index in [1.165, 1.54) is 11.3 Å². The van der Waals surface area contributed by atoms with Crippen molar-refractivity contribution in [2.24, 2.45) is 0 Å². The van der Waals surface area contributed by atoms with E-state index in [0.717, 1.165) is 11.1 Å². The van der Waals surface area contributed by atoms with Gasteiger partial charge in [-0.25, -0.2) is 8.42 Å². The van der Waals surface area contributed by atoms with Crippen LogP contribution < -0.4 is 10.6 Å². The van der Waals surface area contributed by atoms with Crippen molar-refractivity contribution in [2.75, 3.05) is 6.54 Å². The number of carbonyl (C=O) groups excluding carboxylic acids is 2. The SMILES string of the molecule is Cc1ccc(S(=O)(=O)[C@H](CNC(=O)C(=O)NCc2cccnc2)c2cccs2)cc1. The average Bonchev–Trinajstić information content (AvgIpc) is 3.27. The quantitative estimate of drug-likeness (QED) is 0.546. The van der Waals surface area contributed by atoms with Gasteiger partial charge in [0.2, 0.25) is 0 Å². The summed E-state index contributed by atoms with van der Waals surface area (Å²) in [6.45, 7) is 1.81. The smallest absolute Gasteiger partial charge is 0.309 e. The van der Waals surface area contributed by atoms with Crippen molar-refractivity contribution >= 4 is 33.0 Å². The lowest BCUT2D eigenvalue weighted by atomic mass is 10.2. The first-order chi connectivity index (χ1) is 14.4. The number of rotatable bonds is 7. The van der Waals surface area contributed by atoms with E-state index in [0.29, 0.717) is 4.88 Å². The van der Waals surface area contributed by atoms with Gasteiger partial charge in [0.25, 0.3) is 0 Å². The first-order valence-electron chi connectivity index (χ1n) is 9.17. The highest BCUT2D eigenvalue weighted by molar-refractivity contribution is 7.91. The molecule has 1 atom stereocenters. The zero-order chi connectivity index (χ0) is 21.6. The Bertz CT molecular complexity index is 1100. The lowest BCUT2D eigenvalue weighted by Crippen LogP contribution is -2.42. The van der Waals surface area contributed by atoms with Gasteiger partial charge in [0.1, 0.15) is 5.25 Å². The largest absolute Gasteiger partial charge is 0.346 e. The summed E-state index contributed by atoms with van der Waals surface area (Å²) in [5, 5.41) is 5.73. The van der Waals surface area contributed by atoms with Crippen LogP contribution in [0.15, 0.2) is 71.2 Å². The van der Waals surface area contributed by atoms with E-state index in [1.807, 2.05) is 6.92 Å².